The van der Waals surface area contributed by atoms with Crippen LogP contribution in [-0.4, -0.2) is 12.4 Å². The van der Waals surface area contributed by atoms with Crippen molar-refractivity contribution in [3.05, 3.63) is 58.1 Å². The maximum atomic E-state index is 8.81. The first-order valence-electron chi connectivity index (χ1n) is 6.40. The second-order valence-corrected chi connectivity index (χ2v) is 6.25. The minimum atomic E-state index is 0.597. The first-order valence-corrected chi connectivity index (χ1v) is 8.14. The van der Waals surface area contributed by atoms with Crippen LogP contribution in [0.15, 0.2) is 47.4 Å². The summed E-state index contributed by atoms with van der Waals surface area (Å²) >= 11 is 13.7. The Bertz CT molecular complexity index is 655. The number of benzene rings is 2. The van der Waals surface area contributed by atoms with Crippen molar-refractivity contribution in [1.82, 2.24) is 0 Å². The van der Waals surface area contributed by atoms with Crippen molar-refractivity contribution in [2.24, 2.45) is 0 Å². The summed E-state index contributed by atoms with van der Waals surface area (Å²) in [6, 6.07) is 14.7. The SMILES string of the molecule is N#Cc1cccc(OCCCSc2cc(Cl)ccc2Cl)c1. The Labute approximate surface area is 138 Å². The second-order valence-electron chi connectivity index (χ2n) is 4.26. The molecule has 0 saturated carbocycles. The molecule has 0 saturated heterocycles. The molecule has 0 aliphatic heterocycles. The molecule has 2 aromatic carbocycles. The van der Waals surface area contributed by atoms with E-state index in [0.717, 1.165) is 22.8 Å². The fraction of sp³-hybridized carbons (Fsp3) is 0.188. The summed E-state index contributed by atoms with van der Waals surface area (Å²) in [7, 11) is 0. The van der Waals surface area contributed by atoms with Gasteiger partial charge < -0.3 is 4.74 Å². The molecule has 108 valence electrons. The Hall–Kier alpha value is -1.34. The minimum absolute atomic E-state index is 0.597. The molecule has 0 fully saturated rings. The van der Waals surface area contributed by atoms with Crippen LogP contribution in [0.5, 0.6) is 5.75 Å². The third kappa shape index (κ3) is 5.17. The van der Waals surface area contributed by atoms with Gasteiger partial charge in [-0.1, -0.05) is 29.3 Å². The number of ether oxygens (including phenoxy) is 1. The Morgan fingerprint density at radius 3 is 2.81 bits per heavy atom. The van der Waals surface area contributed by atoms with E-state index in [-0.39, 0.29) is 0 Å². The maximum Gasteiger partial charge on any atom is 0.120 e. The number of halogens is 2. The smallest absolute Gasteiger partial charge is 0.120 e. The summed E-state index contributed by atoms with van der Waals surface area (Å²) in [6.07, 6.45) is 0.879. The average molecular weight is 338 g/mol. The number of rotatable bonds is 6. The third-order valence-corrected chi connectivity index (χ3v) is 4.49. The van der Waals surface area contributed by atoms with Crippen LogP contribution in [0.4, 0.5) is 0 Å². The highest BCUT2D eigenvalue weighted by Gasteiger charge is 2.02. The zero-order chi connectivity index (χ0) is 15.1. The fourth-order valence-corrected chi connectivity index (χ4v) is 3.09. The van der Waals surface area contributed by atoms with E-state index >= 15 is 0 Å². The molecule has 0 unspecified atom stereocenters. The van der Waals surface area contributed by atoms with Gasteiger partial charge in [0.25, 0.3) is 0 Å². The number of nitriles is 1. The van der Waals surface area contributed by atoms with Gasteiger partial charge in [0.05, 0.1) is 23.3 Å². The van der Waals surface area contributed by atoms with Crippen molar-refractivity contribution in [3.63, 3.8) is 0 Å². The Morgan fingerprint density at radius 2 is 2.00 bits per heavy atom. The van der Waals surface area contributed by atoms with E-state index in [1.807, 2.05) is 18.2 Å². The van der Waals surface area contributed by atoms with Gasteiger partial charge in [-0.05, 0) is 42.8 Å². The molecular weight excluding hydrogens is 325 g/mol. The van der Waals surface area contributed by atoms with Gasteiger partial charge >= 0.3 is 0 Å². The molecule has 0 radical (unpaired) electrons. The first-order chi connectivity index (χ1) is 10.2. The van der Waals surface area contributed by atoms with Crippen LogP contribution in [0.2, 0.25) is 10.0 Å². The van der Waals surface area contributed by atoms with E-state index in [1.54, 1.807) is 36.0 Å². The van der Waals surface area contributed by atoms with E-state index in [0.29, 0.717) is 22.2 Å². The van der Waals surface area contributed by atoms with Gasteiger partial charge in [-0.15, -0.1) is 11.8 Å². The number of thioether (sulfide) groups is 1. The van der Waals surface area contributed by atoms with Crippen LogP contribution in [0, 0.1) is 11.3 Å². The summed E-state index contributed by atoms with van der Waals surface area (Å²) in [5.74, 6) is 1.61. The molecule has 0 spiro atoms. The quantitative estimate of drug-likeness (QED) is 0.520. The topological polar surface area (TPSA) is 33.0 Å². The van der Waals surface area contributed by atoms with Crippen LogP contribution in [0.25, 0.3) is 0 Å². The minimum Gasteiger partial charge on any atom is -0.494 e. The molecule has 0 bridgehead atoms. The van der Waals surface area contributed by atoms with Crippen molar-refractivity contribution < 1.29 is 4.74 Å². The van der Waals surface area contributed by atoms with Crippen LogP contribution in [0.1, 0.15) is 12.0 Å². The molecule has 0 N–H and O–H groups in total. The number of hydrogen-bond donors (Lipinski definition) is 0. The zero-order valence-electron chi connectivity index (χ0n) is 11.2. The summed E-state index contributed by atoms with van der Waals surface area (Å²) in [4.78, 5) is 0.982. The van der Waals surface area contributed by atoms with E-state index in [2.05, 4.69) is 6.07 Å². The summed E-state index contributed by atoms with van der Waals surface area (Å²) < 4.78 is 5.62. The average Bonchev–Trinajstić information content (AvgIpc) is 2.50. The Kier molecular flexibility index (Phi) is 6.25. The lowest BCUT2D eigenvalue weighted by Gasteiger charge is -2.07. The van der Waals surface area contributed by atoms with E-state index in [4.69, 9.17) is 33.2 Å². The lowest BCUT2D eigenvalue weighted by Crippen LogP contribution is -1.98. The zero-order valence-corrected chi connectivity index (χ0v) is 13.5. The molecular formula is C16H13Cl2NOS. The fourth-order valence-electron chi connectivity index (χ4n) is 1.67. The van der Waals surface area contributed by atoms with Crippen molar-refractivity contribution in [2.45, 2.75) is 11.3 Å². The predicted molar refractivity (Wildman–Crippen MR) is 88.5 cm³/mol. The van der Waals surface area contributed by atoms with Gasteiger partial charge in [0.15, 0.2) is 0 Å². The van der Waals surface area contributed by atoms with Crippen LogP contribution < -0.4 is 4.74 Å². The Morgan fingerprint density at radius 1 is 1.14 bits per heavy atom. The molecule has 5 heteroatoms. The van der Waals surface area contributed by atoms with E-state index < -0.39 is 0 Å². The number of hydrogen-bond acceptors (Lipinski definition) is 3. The molecule has 0 atom stereocenters. The Balaban J connectivity index is 1.75. The molecule has 0 aliphatic carbocycles. The highest BCUT2D eigenvalue weighted by atomic mass is 35.5. The maximum absolute atomic E-state index is 8.81. The van der Waals surface area contributed by atoms with Crippen LogP contribution in [0.3, 0.4) is 0 Å². The van der Waals surface area contributed by atoms with Gasteiger partial charge in [0, 0.05) is 15.7 Å². The van der Waals surface area contributed by atoms with Crippen molar-refractivity contribution in [2.75, 3.05) is 12.4 Å². The first kappa shape index (κ1) is 16.0. The standard InChI is InChI=1S/C16H13Cl2NOS/c17-13-5-6-15(18)16(10-13)21-8-2-7-20-14-4-1-3-12(9-14)11-19/h1,3-6,9-10H,2,7-8H2. The van der Waals surface area contributed by atoms with Gasteiger partial charge in [-0.2, -0.15) is 5.26 Å². The van der Waals surface area contributed by atoms with Crippen molar-refractivity contribution in [1.29, 1.82) is 5.26 Å². The van der Waals surface area contributed by atoms with Gasteiger partial charge in [0.1, 0.15) is 5.75 Å². The summed E-state index contributed by atoms with van der Waals surface area (Å²) in [5, 5.41) is 10.2. The highest BCUT2D eigenvalue weighted by molar-refractivity contribution is 7.99. The lowest BCUT2D eigenvalue weighted by molar-refractivity contribution is 0.318. The molecule has 2 nitrogen and oxygen atoms in total. The molecule has 2 rings (SSSR count). The van der Waals surface area contributed by atoms with E-state index in [9.17, 15) is 0 Å². The van der Waals surface area contributed by atoms with Gasteiger partial charge in [-0.25, -0.2) is 0 Å². The monoisotopic (exact) mass is 337 g/mol. The van der Waals surface area contributed by atoms with Gasteiger partial charge in [0.2, 0.25) is 0 Å². The van der Waals surface area contributed by atoms with Crippen molar-refractivity contribution >= 4 is 35.0 Å². The summed E-state index contributed by atoms with van der Waals surface area (Å²) in [6.45, 7) is 0.597. The third-order valence-electron chi connectivity index (χ3n) is 2.67. The van der Waals surface area contributed by atoms with E-state index in [1.165, 1.54) is 0 Å². The summed E-state index contributed by atoms with van der Waals surface area (Å²) in [5.41, 5.74) is 0.604. The molecule has 0 heterocycles. The van der Waals surface area contributed by atoms with Crippen LogP contribution >= 0.6 is 35.0 Å². The predicted octanol–water partition coefficient (Wildman–Crippen LogP) is 5.43. The molecule has 21 heavy (non-hydrogen) atoms. The lowest BCUT2D eigenvalue weighted by atomic mass is 10.2. The highest BCUT2D eigenvalue weighted by Crippen LogP contribution is 2.30. The normalized spacial score (nSPS) is 10.1. The largest absolute Gasteiger partial charge is 0.494 e. The van der Waals surface area contributed by atoms with Crippen molar-refractivity contribution in [3.8, 4) is 11.8 Å². The molecule has 0 aliphatic rings. The van der Waals surface area contributed by atoms with Gasteiger partial charge in [-0.3, -0.25) is 0 Å². The van der Waals surface area contributed by atoms with Crippen LogP contribution in [-0.2, 0) is 0 Å². The molecule has 2 aromatic rings. The molecule has 0 amide bonds. The molecule has 0 aromatic heterocycles. The number of nitrogens with zero attached hydrogens (tertiary/aromatic N) is 1. The second kappa shape index (κ2) is 8.19.